The zero-order valence-electron chi connectivity index (χ0n) is 13.9. The Bertz CT molecular complexity index is 896. The van der Waals surface area contributed by atoms with E-state index < -0.39 is 6.09 Å². The minimum absolute atomic E-state index is 0.0453. The number of carboxylic acid groups (broad SMARTS) is 1. The van der Waals surface area contributed by atoms with Crippen LogP contribution in [-0.2, 0) is 6.54 Å². The number of nitrogens with zero attached hydrogens (tertiary/aromatic N) is 3. The third-order valence-electron chi connectivity index (χ3n) is 3.80. The van der Waals surface area contributed by atoms with E-state index in [4.69, 9.17) is 9.84 Å². The standard InChI is InChI=1S/C18H18N4O3/c1-22(12-7-9-13(25-2)10-8-12)17-14-5-3-4-6-15(14)20-16(21-17)11-19-18(23)24/h3-10,19H,11H2,1-2H3,(H,23,24). The van der Waals surface area contributed by atoms with Crippen molar-refractivity contribution >= 4 is 28.5 Å². The van der Waals surface area contributed by atoms with E-state index in [2.05, 4.69) is 15.3 Å². The summed E-state index contributed by atoms with van der Waals surface area (Å²) in [5.41, 5.74) is 1.69. The quantitative estimate of drug-likeness (QED) is 0.743. The highest BCUT2D eigenvalue weighted by Crippen LogP contribution is 2.29. The molecular weight excluding hydrogens is 320 g/mol. The number of methoxy groups -OCH3 is 1. The van der Waals surface area contributed by atoms with Gasteiger partial charge in [0.2, 0.25) is 0 Å². The van der Waals surface area contributed by atoms with Gasteiger partial charge in [-0.1, -0.05) is 12.1 Å². The number of hydrogen-bond donors (Lipinski definition) is 2. The molecule has 0 bridgehead atoms. The highest BCUT2D eigenvalue weighted by molar-refractivity contribution is 5.91. The molecule has 0 aliphatic rings. The lowest BCUT2D eigenvalue weighted by Gasteiger charge is -2.21. The lowest BCUT2D eigenvalue weighted by molar-refractivity contribution is 0.193. The molecule has 3 rings (SSSR count). The minimum atomic E-state index is -1.11. The molecule has 0 atom stereocenters. The Kier molecular flexibility index (Phi) is 4.65. The first-order chi connectivity index (χ1) is 12.1. The molecule has 1 heterocycles. The van der Waals surface area contributed by atoms with E-state index in [0.717, 1.165) is 22.3 Å². The van der Waals surface area contributed by atoms with E-state index in [1.807, 2.05) is 60.5 Å². The van der Waals surface area contributed by atoms with Crippen LogP contribution in [0.15, 0.2) is 48.5 Å². The molecule has 0 radical (unpaired) electrons. The van der Waals surface area contributed by atoms with Crippen LogP contribution < -0.4 is 15.0 Å². The number of rotatable bonds is 5. The van der Waals surface area contributed by atoms with Crippen molar-refractivity contribution in [1.82, 2.24) is 15.3 Å². The normalized spacial score (nSPS) is 10.5. The average Bonchev–Trinajstić information content (AvgIpc) is 2.65. The number of anilines is 2. The van der Waals surface area contributed by atoms with Gasteiger partial charge in [-0.2, -0.15) is 0 Å². The number of ether oxygens (including phenoxy) is 1. The van der Waals surface area contributed by atoms with Crippen molar-refractivity contribution in [3.8, 4) is 5.75 Å². The summed E-state index contributed by atoms with van der Waals surface area (Å²) in [6, 6.07) is 15.3. The topological polar surface area (TPSA) is 87.6 Å². The Labute approximate surface area is 144 Å². The lowest BCUT2D eigenvalue weighted by atomic mass is 10.2. The van der Waals surface area contributed by atoms with Gasteiger partial charge in [0, 0.05) is 18.1 Å². The van der Waals surface area contributed by atoms with E-state index in [9.17, 15) is 4.79 Å². The molecule has 0 unspecified atom stereocenters. The summed E-state index contributed by atoms with van der Waals surface area (Å²) in [5, 5.41) is 12.0. The van der Waals surface area contributed by atoms with Gasteiger partial charge >= 0.3 is 6.09 Å². The number of hydrogen-bond acceptors (Lipinski definition) is 5. The first-order valence-corrected chi connectivity index (χ1v) is 7.68. The average molecular weight is 338 g/mol. The number of benzene rings is 2. The van der Waals surface area contributed by atoms with Crippen molar-refractivity contribution in [2.75, 3.05) is 19.1 Å². The number of amides is 1. The number of carbonyl (C=O) groups is 1. The maximum atomic E-state index is 10.7. The second-order valence-corrected chi connectivity index (χ2v) is 5.40. The van der Waals surface area contributed by atoms with Gasteiger partial charge in [0.05, 0.1) is 19.2 Å². The molecule has 0 aliphatic heterocycles. The molecule has 2 N–H and O–H groups in total. The summed E-state index contributed by atoms with van der Waals surface area (Å²) >= 11 is 0. The third-order valence-corrected chi connectivity index (χ3v) is 3.80. The van der Waals surface area contributed by atoms with Crippen molar-refractivity contribution in [2.24, 2.45) is 0 Å². The van der Waals surface area contributed by atoms with Crippen LogP contribution in [0.25, 0.3) is 10.9 Å². The minimum Gasteiger partial charge on any atom is -0.497 e. The smallest absolute Gasteiger partial charge is 0.405 e. The van der Waals surface area contributed by atoms with Crippen molar-refractivity contribution in [3.63, 3.8) is 0 Å². The molecule has 0 fully saturated rings. The van der Waals surface area contributed by atoms with Crippen LogP contribution in [0.4, 0.5) is 16.3 Å². The molecule has 7 heteroatoms. The van der Waals surface area contributed by atoms with Gasteiger partial charge in [0.15, 0.2) is 5.82 Å². The van der Waals surface area contributed by atoms with Crippen LogP contribution in [0.2, 0.25) is 0 Å². The van der Waals surface area contributed by atoms with Crippen LogP contribution in [0.5, 0.6) is 5.75 Å². The molecule has 0 aliphatic carbocycles. The van der Waals surface area contributed by atoms with Gasteiger partial charge < -0.3 is 20.1 Å². The molecular formula is C18H18N4O3. The lowest BCUT2D eigenvalue weighted by Crippen LogP contribution is -2.22. The first-order valence-electron chi connectivity index (χ1n) is 7.68. The van der Waals surface area contributed by atoms with Crippen LogP contribution >= 0.6 is 0 Å². The largest absolute Gasteiger partial charge is 0.497 e. The molecule has 7 nitrogen and oxygen atoms in total. The summed E-state index contributed by atoms with van der Waals surface area (Å²) in [5.74, 6) is 1.89. The third kappa shape index (κ3) is 3.60. The summed E-state index contributed by atoms with van der Waals surface area (Å²) in [7, 11) is 3.53. The summed E-state index contributed by atoms with van der Waals surface area (Å²) in [6.07, 6.45) is -1.11. The van der Waals surface area contributed by atoms with Gasteiger partial charge in [0.25, 0.3) is 0 Å². The maximum absolute atomic E-state index is 10.7. The van der Waals surface area contributed by atoms with Crippen molar-refractivity contribution < 1.29 is 14.6 Å². The van der Waals surface area contributed by atoms with Crippen LogP contribution in [-0.4, -0.2) is 35.3 Å². The number of nitrogens with one attached hydrogen (secondary N) is 1. The highest BCUT2D eigenvalue weighted by Gasteiger charge is 2.13. The second-order valence-electron chi connectivity index (χ2n) is 5.40. The fourth-order valence-corrected chi connectivity index (χ4v) is 2.52. The molecule has 0 spiro atoms. The van der Waals surface area contributed by atoms with Crippen molar-refractivity contribution in [3.05, 3.63) is 54.4 Å². The van der Waals surface area contributed by atoms with Gasteiger partial charge in [-0.15, -0.1) is 0 Å². The summed E-state index contributed by atoms with van der Waals surface area (Å²) in [6.45, 7) is 0.0453. The van der Waals surface area contributed by atoms with Crippen molar-refractivity contribution in [1.29, 1.82) is 0 Å². The fraction of sp³-hybridized carbons (Fsp3) is 0.167. The number of fused-ring (bicyclic) bond motifs is 1. The SMILES string of the molecule is COc1ccc(N(C)c2nc(CNC(=O)O)nc3ccccc23)cc1. The van der Waals surface area contributed by atoms with E-state index in [1.165, 1.54) is 0 Å². The van der Waals surface area contributed by atoms with E-state index in [0.29, 0.717) is 11.6 Å². The molecule has 1 aromatic heterocycles. The van der Waals surface area contributed by atoms with Gasteiger partial charge in [-0.3, -0.25) is 0 Å². The van der Waals surface area contributed by atoms with Gasteiger partial charge in [0.1, 0.15) is 11.6 Å². The zero-order valence-corrected chi connectivity index (χ0v) is 13.9. The van der Waals surface area contributed by atoms with Gasteiger partial charge in [-0.25, -0.2) is 14.8 Å². The Morgan fingerprint density at radius 1 is 1.16 bits per heavy atom. The molecule has 0 saturated carbocycles. The van der Waals surface area contributed by atoms with E-state index in [-0.39, 0.29) is 6.54 Å². The maximum Gasteiger partial charge on any atom is 0.405 e. The van der Waals surface area contributed by atoms with Crippen LogP contribution in [0.3, 0.4) is 0 Å². The van der Waals surface area contributed by atoms with Crippen LogP contribution in [0, 0.1) is 0 Å². The fourth-order valence-electron chi connectivity index (χ4n) is 2.52. The monoisotopic (exact) mass is 338 g/mol. The first kappa shape index (κ1) is 16.5. The second kappa shape index (κ2) is 7.04. The number of para-hydroxylation sites is 1. The van der Waals surface area contributed by atoms with Crippen LogP contribution in [0.1, 0.15) is 5.82 Å². The molecule has 1 amide bonds. The zero-order chi connectivity index (χ0) is 17.8. The van der Waals surface area contributed by atoms with E-state index >= 15 is 0 Å². The summed E-state index contributed by atoms with van der Waals surface area (Å²) in [4.78, 5) is 21.7. The molecule has 2 aromatic carbocycles. The Morgan fingerprint density at radius 3 is 2.56 bits per heavy atom. The Balaban J connectivity index is 2.03. The summed E-state index contributed by atoms with van der Waals surface area (Å²) < 4.78 is 5.19. The molecule has 0 saturated heterocycles. The highest BCUT2D eigenvalue weighted by atomic mass is 16.5. The molecule has 128 valence electrons. The number of aromatic nitrogens is 2. The predicted molar refractivity (Wildman–Crippen MR) is 95.5 cm³/mol. The Morgan fingerprint density at radius 2 is 1.88 bits per heavy atom. The predicted octanol–water partition coefficient (Wildman–Crippen LogP) is 3.17. The Hall–Kier alpha value is -3.35. The van der Waals surface area contributed by atoms with Crippen molar-refractivity contribution in [2.45, 2.75) is 6.54 Å². The van der Waals surface area contributed by atoms with E-state index in [1.54, 1.807) is 7.11 Å². The van der Waals surface area contributed by atoms with Gasteiger partial charge in [-0.05, 0) is 36.4 Å². The molecule has 3 aromatic rings. The molecule has 25 heavy (non-hydrogen) atoms.